The molecule has 1 aromatic heterocycles. The minimum Gasteiger partial charge on any atom is -0.388 e. The summed E-state index contributed by atoms with van der Waals surface area (Å²) in [7, 11) is 0. The van der Waals surface area contributed by atoms with E-state index in [0.29, 0.717) is 43.4 Å². The Hall–Kier alpha value is -1.35. The fourth-order valence-corrected chi connectivity index (χ4v) is 1.95. The Morgan fingerprint density at radius 1 is 1.50 bits per heavy atom. The smallest absolute Gasteiger partial charge is 0.161 e. The third-order valence-electron chi connectivity index (χ3n) is 2.97. The van der Waals surface area contributed by atoms with Crippen LogP contribution in [0.4, 0.5) is 5.82 Å². The summed E-state index contributed by atoms with van der Waals surface area (Å²) in [6.07, 6.45) is 1.19. The van der Waals surface area contributed by atoms with Crippen LogP contribution >= 0.6 is 11.6 Å². The van der Waals surface area contributed by atoms with E-state index in [1.54, 1.807) is 12.1 Å². The zero-order chi connectivity index (χ0) is 13.0. The zero-order valence-electron chi connectivity index (χ0n) is 9.82. The van der Waals surface area contributed by atoms with E-state index in [4.69, 9.17) is 21.6 Å². The molecule has 5 nitrogen and oxygen atoms in total. The van der Waals surface area contributed by atoms with Gasteiger partial charge in [-0.05, 0) is 12.1 Å². The highest BCUT2D eigenvalue weighted by Crippen LogP contribution is 2.21. The first-order chi connectivity index (χ1) is 8.63. The average molecular weight is 268 g/mol. The maximum absolute atomic E-state index is 10.3. The number of rotatable bonds is 3. The van der Waals surface area contributed by atoms with Crippen molar-refractivity contribution >= 4 is 17.4 Å². The molecule has 18 heavy (non-hydrogen) atoms. The van der Waals surface area contributed by atoms with Gasteiger partial charge in [-0.1, -0.05) is 11.6 Å². The van der Waals surface area contributed by atoms with Gasteiger partial charge in [-0.25, -0.2) is 4.98 Å². The molecule has 0 radical (unpaired) electrons. The highest BCUT2D eigenvalue weighted by atomic mass is 35.5. The lowest BCUT2D eigenvalue weighted by Gasteiger charge is -2.32. The fraction of sp³-hybridized carbons (Fsp3) is 0.500. The number of ether oxygens (including phenoxy) is 1. The Morgan fingerprint density at radius 2 is 2.22 bits per heavy atom. The minimum absolute atomic E-state index is 0.181. The number of hydrogen-bond acceptors (Lipinski definition) is 5. The molecule has 0 aromatic carbocycles. The SMILES string of the molecule is N#Cc1nc(NCC2(O)CCOCC2)ccc1Cl. The van der Waals surface area contributed by atoms with Crippen LogP contribution in [0.5, 0.6) is 0 Å². The molecular formula is C12H14ClN3O2. The highest BCUT2D eigenvalue weighted by molar-refractivity contribution is 6.31. The standard InChI is InChI=1S/C12H14ClN3O2/c13-9-1-2-11(16-10(9)7-14)15-8-12(17)3-5-18-6-4-12/h1-2,17H,3-6,8H2,(H,15,16). The number of hydrogen-bond donors (Lipinski definition) is 2. The number of anilines is 1. The lowest BCUT2D eigenvalue weighted by Crippen LogP contribution is -2.42. The summed E-state index contributed by atoms with van der Waals surface area (Å²) in [6, 6.07) is 5.22. The summed E-state index contributed by atoms with van der Waals surface area (Å²) in [6.45, 7) is 1.52. The van der Waals surface area contributed by atoms with Crippen LogP contribution < -0.4 is 5.32 Å². The van der Waals surface area contributed by atoms with Crippen LogP contribution in [-0.2, 0) is 4.74 Å². The van der Waals surface area contributed by atoms with Crippen LogP contribution in [0.25, 0.3) is 0 Å². The summed E-state index contributed by atoms with van der Waals surface area (Å²) < 4.78 is 5.21. The molecular weight excluding hydrogens is 254 g/mol. The van der Waals surface area contributed by atoms with Crippen LogP contribution in [0.2, 0.25) is 5.02 Å². The molecule has 2 rings (SSSR count). The molecule has 0 amide bonds. The molecule has 0 bridgehead atoms. The second-order valence-corrected chi connectivity index (χ2v) is 4.74. The van der Waals surface area contributed by atoms with Crippen molar-refractivity contribution in [2.75, 3.05) is 25.1 Å². The first kappa shape index (κ1) is 13.1. The molecule has 0 aliphatic carbocycles. The fourth-order valence-electron chi connectivity index (χ4n) is 1.80. The van der Waals surface area contributed by atoms with Crippen LogP contribution in [0, 0.1) is 11.3 Å². The van der Waals surface area contributed by atoms with Crippen molar-refractivity contribution in [1.82, 2.24) is 4.98 Å². The van der Waals surface area contributed by atoms with Crippen molar-refractivity contribution in [3.63, 3.8) is 0 Å². The van der Waals surface area contributed by atoms with Crippen molar-refractivity contribution in [2.45, 2.75) is 18.4 Å². The molecule has 6 heteroatoms. The van der Waals surface area contributed by atoms with Crippen molar-refractivity contribution in [2.24, 2.45) is 0 Å². The van der Waals surface area contributed by atoms with Crippen molar-refractivity contribution < 1.29 is 9.84 Å². The molecule has 2 heterocycles. The van der Waals surface area contributed by atoms with E-state index in [2.05, 4.69) is 10.3 Å². The molecule has 1 aliphatic rings. The number of aliphatic hydroxyl groups is 1. The molecule has 1 fully saturated rings. The number of nitrogens with zero attached hydrogens (tertiary/aromatic N) is 2. The number of nitriles is 1. The number of aromatic nitrogens is 1. The van der Waals surface area contributed by atoms with Crippen LogP contribution in [0.1, 0.15) is 18.5 Å². The van der Waals surface area contributed by atoms with Gasteiger partial charge in [0.2, 0.25) is 0 Å². The molecule has 0 atom stereocenters. The van der Waals surface area contributed by atoms with Gasteiger partial charge in [-0.2, -0.15) is 5.26 Å². The summed E-state index contributed by atoms with van der Waals surface area (Å²) in [5.41, 5.74) is -0.590. The van der Waals surface area contributed by atoms with Crippen molar-refractivity contribution in [1.29, 1.82) is 5.26 Å². The third kappa shape index (κ3) is 3.10. The van der Waals surface area contributed by atoms with E-state index in [1.807, 2.05) is 6.07 Å². The Labute approximate surface area is 110 Å². The van der Waals surface area contributed by atoms with Gasteiger partial charge in [0.25, 0.3) is 0 Å². The summed E-state index contributed by atoms with van der Waals surface area (Å²) >= 11 is 5.79. The largest absolute Gasteiger partial charge is 0.388 e. The molecule has 96 valence electrons. The Bertz CT molecular complexity index is 467. The van der Waals surface area contributed by atoms with Gasteiger partial charge >= 0.3 is 0 Å². The van der Waals surface area contributed by atoms with Crippen LogP contribution in [-0.4, -0.2) is 35.5 Å². The van der Waals surface area contributed by atoms with E-state index in [9.17, 15) is 5.11 Å². The Kier molecular flexibility index (Phi) is 4.02. The summed E-state index contributed by atoms with van der Waals surface area (Å²) in [5, 5.41) is 22.4. The van der Waals surface area contributed by atoms with E-state index in [-0.39, 0.29) is 5.69 Å². The monoisotopic (exact) mass is 267 g/mol. The van der Waals surface area contributed by atoms with Crippen LogP contribution in [0.3, 0.4) is 0 Å². The van der Waals surface area contributed by atoms with Gasteiger partial charge in [0, 0.05) is 32.6 Å². The topological polar surface area (TPSA) is 78.2 Å². The minimum atomic E-state index is -0.771. The molecule has 1 saturated heterocycles. The normalized spacial score (nSPS) is 18.1. The number of nitrogens with one attached hydrogen (secondary N) is 1. The second-order valence-electron chi connectivity index (χ2n) is 4.33. The predicted octanol–water partition coefficient (Wildman–Crippen LogP) is 1.56. The molecule has 0 spiro atoms. The van der Waals surface area contributed by atoms with Gasteiger partial charge in [-0.3, -0.25) is 0 Å². The van der Waals surface area contributed by atoms with E-state index < -0.39 is 5.60 Å². The van der Waals surface area contributed by atoms with Gasteiger partial charge in [-0.15, -0.1) is 0 Å². The lowest BCUT2D eigenvalue weighted by molar-refractivity contribution is -0.0543. The molecule has 0 saturated carbocycles. The number of pyridine rings is 1. The summed E-state index contributed by atoms with van der Waals surface area (Å²) in [5.74, 6) is 0.538. The Morgan fingerprint density at radius 3 is 2.89 bits per heavy atom. The van der Waals surface area contributed by atoms with Gasteiger partial charge in [0.05, 0.1) is 10.6 Å². The van der Waals surface area contributed by atoms with Crippen LogP contribution in [0.15, 0.2) is 12.1 Å². The quantitative estimate of drug-likeness (QED) is 0.869. The van der Waals surface area contributed by atoms with Crippen molar-refractivity contribution in [3.8, 4) is 6.07 Å². The third-order valence-corrected chi connectivity index (χ3v) is 3.28. The number of halogens is 1. The average Bonchev–Trinajstić information content (AvgIpc) is 2.39. The lowest BCUT2D eigenvalue weighted by atomic mass is 9.94. The van der Waals surface area contributed by atoms with Crippen molar-refractivity contribution in [3.05, 3.63) is 22.8 Å². The van der Waals surface area contributed by atoms with E-state index in [1.165, 1.54) is 0 Å². The maximum Gasteiger partial charge on any atom is 0.161 e. The molecule has 1 aromatic rings. The van der Waals surface area contributed by atoms with Gasteiger partial charge in [0.1, 0.15) is 11.9 Å². The van der Waals surface area contributed by atoms with E-state index >= 15 is 0 Å². The Balaban J connectivity index is 2.00. The first-order valence-electron chi connectivity index (χ1n) is 5.74. The van der Waals surface area contributed by atoms with E-state index in [0.717, 1.165) is 0 Å². The zero-order valence-corrected chi connectivity index (χ0v) is 10.6. The summed E-state index contributed by atoms with van der Waals surface area (Å²) in [4.78, 5) is 4.06. The molecule has 1 aliphatic heterocycles. The molecule has 0 unspecified atom stereocenters. The van der Waals surface area contributed by atoms with Gasteiger partial charge < -0.3 is 15.2 Å². The first-order valence-corrected chi connectivity index (χ1v) is 6.11. The highest BCUT2D eigenvalue weighted by Gasteiger charge is 2.29. The predicted molar refractivity (Wildman–Crippen MR) is 67.5 cm³/mol. The van der Waals surface area contributed by atoms with Gasteiger partial charge in [0.15, 0.2) is 5.69 Å². The molecule has 2 N–H and O–H groups in total. The maximum atomic E-state index is 10.3. The second kappa shape index (κ2) is 5.53.